The van der Waals surface area contributed by atoms with Crippen LogP contribution < -0.4 is 5.32 Å². The van der Waals surface area contributed by atoms with Crippen molar-refractivity contribution in [1.82, 2.24) is 0 Å². The van der Waals surface area contributed by atoms with Crippen molar-refractivity contribution in [2.45, 2.75) is 26.2 Å². The van der Waals surface area contributed by atoms with Crippen molar-refractivity contribution in [3.05, 3.63) is 65.2 Å². The number of rotatable bonds is 3. The van der Waals surface area contributed by atoms with Crippen molar-refractivity contribution in [2.24, 2.45) is 0 Å². The van der Waals surface area contributed by atoms with Crippen molar-refractivity contribution in [3.8, 4) is 0 Å². The largest absolute Gasteiger partial charge is 0.465 e. The van der Waals surface area contributed by atoms with E-state index in [1.165, 1.54) is 7.11 Å². The topological polar surface area (TPSA) is 55.4 Å². The predicted molar refractivity (Wildman–Crippen MR) is 90.9 cm³/mol. The maximum atomic E-state index is 12.4. The highest BCUT2D eigenvalue weighted by atomic mass is 16.5. The van der Waals surface area contributed by atoms with Gasteiger partial charge in [0.25, 0.3) is 5.91 Å². The summed E-state index contributed by atoms with van der Waals surface area (Å²) in [5.41, 5.74) is 2.49. The lowest BCUT2D eigenvalue weighted by molar-refractivity contribution is 0.0602. The SMILES string of the molecule is COC(=O)c1ccccc1NC(=O)c1ccc(C(C)(C)C)cc1. The summed E-state index contributed by atoms with van der Waals surface area (Å²) in [4.78, 5) is 24.1. The van der Waals surface area contributed by atoms with E-state index in [1.54, 1.807) is 36.4 Å². The Balaban J connectivity index is 2.22. The zero-order chi connectivity index (χ0) is 17.0. The lowest BCUT2D eigenvalue weighted by Gasteiger charge is -2.19. The minimum absolute atomic E-state index is 0.0342. The number of carbonyl (C=O) groups excluding carboxylic acids is 2. The number of anilines is 1. The molecule has 0 aromatic heterocycles. The first-order valence-electron chi connectivity index (χ1n) is 7.42. The van der Waals surface area contributed by atoms with E-state index in [0.717, 1.165) is 5.56 Å². The summed E-state index contributed by atoms with van der Waals surface area (Å²) in [5, 5.41) is 2.76. The van der Waals surface area contributed by atoms with Gasteiger partial charge in [-0.2, -0.15) is 0 Å². The normalized spacial score (nSPS) is 11.0. The van der Waals surface area contributed by atoms with Crippen LogP contribution in [0.4, 0.5) is 5.69 Å². The molecule has 23 heavy (non-hydrogen) atoms. The molecule has 0 saturated heterocycles. The van der Waals surface area contributed by atoms with E-state index in [4.69, 9.17) is 4.74 Å². The molecule has 2 aromatic carbocycles. The molecule has 0 aliphatic heterocycles. The Kier molecular flexibility index (Phi) is 4.84. The van der Waals surface area contributed by atoms with Crippen molar-refractivity contribution in [1.29, 1.82) is 0 Å². The smallest absolute Gasteiger partial charge is 0.339 e. The molecule has 4 heteroatoms. The molecule has 0 aliphatic rings. The van der Waals surface area contributed by atoms with Gasteiger partial charge in [-0.25, -0.2) is 4.79 Å². The van der Waals surface area contributed by atoms with Crippen molar-refractivity contribution >= 4 is 17.6 Å². The number of hydrogen-bond acceptors (Lipinski definition) is 3. The lowest BCUT2D eigenvalue weighted by Crippen LogP contribution is -2.16. The van der Waals surface area contributed by atoms with Gasteiger partial charge in [-0.15, -0.1) is 0 Å². The van der Waals surface area contributed by atoms with E-state index in [2.05, 4.69) is 26.1 Å². The van der Waals surface area contributed by atoms with Gasteiger partial charge in [0.15, 0.2) is 0 Å². The van der Waals surface area contributed by atoms with Crippen LogP contribution >= 0.6 is 0 Å². The Morgan fingerprint density at radius 2 is 1.57 bits per heavy atom. The number of esters is 1. The number of hydrogen-bond donors (Lipinski definition) is 1. The second-order valence-electron chi connectivity index (χ2n) is 6.32. The van der Waals surface area contributed by atoms with Gasteiger partial charge < -0.3 is 10.1 Å². The number of carbonyl (C=O) groups is 2. The van der Waals surface area contributed by atoms with Crippen LogP contribution in [0.1, 0.15) is 47.1 Å². The van der Waals surface area contributed by atoms with Crippen LogP contribution in [0.5, 0.6) is 0 Å². The summed E-state index contributed by atoms with van der Waals surface area (Å²) < 4.78 is 4.73. The van der Waals surface area contributed by atoms with Crippen LogP contribution in [0, 0.1) is 0 Å². The molecule has 1 amide bonds. The zero-order valence-corrected chi connectivity index (χ0v) is 13.8. The fraction of sp³-hybridized carbons (Fsp3) is 0.263. The second kappa shape index (κ2) is 6.65. The van der Waals surface area contributed by atoms with Gasteiger partial charge in [0.05, 0.1) is 18.4 Å². The molecule has 0 saturated carbocycles. The lowest BCUT2D eigenvalue weighted by atomic mass is 9.87. The summed E-state index contributed by atoms with van der Waals surface area (Å²) >= 11 is 0. The zero-order valence-electron chi connectivity index (χ0n) is 13.8. The highest BCUT2D eigenvalue weighted by Gasteiger charge is 2.16. The maximum Gasteiger partial charge on any atom is 0.339 e. The van der Waals surface area contributed by atoms with Crippen LogP contribution in [-0.4, -0.2) is 19.0 Å². The van der Waals surface area contributed by atoms with Gasteiger partial charge in [0.2, 0.25) is 0 Å². The first-order chi connectivity index (χ1) is 10.8. The fourth-order valence-electron chi connectivity index (χ4n) is 2.20. The minimum atomic E-state index is -0.482. The van der Waals surface area contributed by atoms with E-state index in [0.29, 0.717) is 16.8 Å². The van der Waals surface area contributed by atoms with Crippen molar-refractivity contribution in [2.75, 3.05) is 12.4 Å². The van der Waals surface area contributed by atoms with Gasteiger partial charge in [0.1, 0.15) is 0 Å². The fourth-order valence-corrected chi connectivity index (χ4v) is 2.20. The third-order valence-corrected chi connectivity index (χ3v) is 3.59. The summed E-state index contributed by atoms with van der Waals surface area (Å²) in [7, 11) is 1.31. The van der Waals surface area contributed by atoms with Crippen LogP contribution in [0.2, 0.25) is 0 Å². The van der Waals surface area contributed by atoms with Gasteiger partial charge in [0, 0.05) is 5.56 Å². The van der Waals surface area contributed by atoms with Gasteiger partial charge in [-0.1, -0.05) is 45.0 Å². The first kappa shape index (κ1) is 16.7. The molecule has 0 fully saturated rings. The molecule has 4 nitrogen and oxygen atoms in total. The molecule has 0 unspecified atom stereocenters. The summed E-state index contributed by atoms with van der Waals surface area (Å²) in [5.74, 6) is -0.745. The van der Waals surface area contributed by atoms with Crippen LogP contribution in [0.15, 0.2) is 48.5 Å². The third-order valence-electron chi connectivity index (χ3n) is 3.59. The number of para-hydroxylation sites is 1. The standard InChI is InChI=1S/C19H21NO3/c1-19(2,3)14-11-9-13(10-12-14)17(21)20-16-8-6-5-7-15(16)18(22)23-4/h5-12H,1-4H3,(H,20,21). The number of ether oxygens (including phenoxy) is 1. The van der Waals surface area contributed by atoms with Crippen LogP contribution in [-0.2, 0) is 10.2 Å². The summed E-state index contributed by atoms with van der Waals surface area (Å²) in [6, 6.07) is 14.2. The Labute approximate surface area is 136 Å². The summed E-state index contributed by atoms with van der Waals surface area (Å²) in [6.07, 6.45) is 0. The molecule has 0 atom stereocenters. The predicted octanol–water partition coefficient (Wildman–Crippen LogP) is 4.02. The van der Waals surface area contributed by atoms with E-state index in [1.807, 2.05) is 12.1 Å². The quantitative estimate of drug-likeness (QED) is 0.871. The molecule has 0 aliphatic carbocycles. The molecule has 1 N–H and O–H groups in total. The minimum Gasteiger partial charge on any atom is -0.465 e. The highest BCUT2D eigenvalue weighted by Crippen LogP contribution is 2.23. The number of methoxy groups -OCH3 is 1. The van der Waals surface area contributed by atoms with Gasteiger partial charge >= 0.3 is 5.97 Å². The van der Waals surface area contributed by atoms with Gasteiger partial charge in [-0.3, -0.25) is 4.79 Å². The van der Waals surface area contributed by atoms with Crippen molar-refractivity contribution < 1.29 is 14.3 Å². The number of nitrogens with one attached hydrogen (secondary N) is 1. The summed E-state index contributed by atoms with van der Waals surface area (Å²) in [6.45, 7) is 6.36. The van der Waals surface area contributed by atoms with E-state index in [-0.39, 0.29) is 11.3 Å². The molecule has 0 heterocycles. The molecule has 120 valence electrons. The molecule has 2 aromatic rings. The average molecular weight is 311 g/mol. The van der Waals surface area contributed by atoms with Crippen LogP contribution in [0.3, 0.4) is 0 Å². The Hall–Kier alpha value is -2.62. The Morgan fingerprint density at radius 3 is 2.13 bits per heavy atom. The average Bonchev–Trinajstić information content (AvgIpc) is 2.54. The van der Waals surface area contributed by atoms with Gasteiger partial charge in [-0.05, 0) is 35.2 Å². The number of amides is 1. The molecule has 2 rings (SSSR count). The highest BCUT2D eigenvalue weighted by molar-refractivity contribution is 6.08. The van der Waals surface area contributed by atoms with Crippen molar-refractivity contribution in [3.63, 3.8) is 0 Å². The first-order valence-corrected chi connectivity index (χ1v) is 7.42. The van der Waals surface area contributed by atoms with E-state index in [9.17, 15) is 9.59 Å². The van der Waals surface area contributed by atoms with Crippen LogP contribution in [0.25, 0.3) is 0 Å². The monoisotopic (exact) mass is 311 g/mol. The molecular weight excluding hydrogens is 290 g/mol. The molecular formula is C19H21NO3. The molecule has 0 spiro atoms. The van der Waals surface area contributed by atoms with E-state index >= 15 is 0 Å². The Morgan fingerprint density at radius 1 is 0.957 bits per heavy atom. The molecule has 0 bridgehead atoms. The third kappa shape index (κ3) is 3.97. The number of benzene rings is 2. The maximum absolute atomic E-state index is 12.4. The second-order valence-corrected chi connectivity index (χ2v) is 6.32. The Bertz CT molecular complexity index is 712. The molecule has 0 radical (unpaired) electrons. The van der Waals surface area contributed by atoms with E-state index < -0.39 is 5.97 Å².